The van der Waals surface area contributed by atoms with Gasteiger partial charge in [0.05, 0.1) is 10.6 Å². The Morgan fingerprint density at radius 3 is 2.32 bits per heavy atom. The molecule has 0 radical (unpaired) electrons. The number of amides is 1. The van der Waals surface area contributed by atoms with Crippen LogP contribution in [0.2, 0.25) is 5.02 Å². The largest absolute Gasteiger partial charge is 0.480 e. The molecular weight excluding hydrogens is 598 g/mol. The van der Waals surface area contributed by atoms with Crippen LogP contribution in [-0.2, 0) is 19.6 Å². The van der Waals surface area contributed by atoms with E-state index in [9.17, 15) is 27.5 Å². The summed E-state index contributed by atoms with van der Waals surface area (Å²) in [5, 5.41) is 12.1. The molecule has 7 nitrogen and oxygen atoms in total. The van der Waals surface area contributed by atoms with Gasteiger partial charge in [-0.1, -0.05) is 25.4 Å². The van der Waals surface area contributed by atoms with Crippen LogP contribution < -0.4 is 9.62 Å². The Morgan fingerprint density at radius 2 is 1.76 bits per heavy atom. The minimum atomic E-state index is -4.15. The Kier molecular flexibility index (Phi) is 10.1. The monoisotopic (exact) mass is 624 g/mol. The van der Waals surface area contributed by atoms with Crippen molar-refractivity contribution in [1.29, 1.82) is 0 Å². The number of anilines is 1. The van der Waals surface area contributed by atoms with E-state index in [4.69, 9.17) is 11.6 Å². The van der Waals surface area contributed by atoms with Crippen LogP contribution in [0.4, 0.5) is 10.1 Å². The number of nitrogens with one attached hydrogen (secondary N) is 1. The number of carbonyl (C=O) groups is 2. The van der Waals surface area contributed by atoms with Crippen LogP contribution in [0, 0.1) is 15.3 Å². The molecule has 2 N–H and O–H groups in total. The van der Waals surface area contributed by atoms with Crippen molar-refractivity contribution in [3.8, 4) is 0 Å². The van der Waals surface area contributed by atoms with E-state index in [1.54, 1.807) is 20.8 Å². The van der Waals surface area contributed by atoms with Gasteiger partial charge in [-0.2, -0.15) is 0 Å². The van der Waals surface area contributed by atoms with Crippen molar-refractivity contribution in [2.24, 2.45) is 5.92 Å². The summed E-state index contributed by atoms with van der Waals surface area (Å²) in [5.41, 5.74) is -0.0930. The molecule has 1 amide bonds. The van der Waals surface area contributed by atoms with Gasteiger partial charge in [-0.25, -0.2) is 17.6 Å². The van der Waals surface area contributed by atoms with Gasteiger partial charge in [0, 0.05) is 21.1 Å². The highest BCUT2D eigenvalue weighted by Gasteiger charge is 2.32. The highest BCUT2D eigenvalue weighted by atomic mass is 127. The molecule has 2 aromatic rings. The summed E-state index contributed by atoms with van der Waals surface area (Å²) in [6.45, 7) is 5.02. The van der Waals surface area contributed by atoms with E-state index in [2.05, 4.69) is 5.32 Å². The third-order valence-corrected chi connectivity index (χ3v) is 8.06. The summed E-state index contributed by atoms with van der Waals surface area (Å²) in [6, 6.07) is 8.10. The number of sulfonamides is 1. The number of aliphatic carboxylic acids is 1. The van der Waals surface area contributed by atoms with Crippen LogP contribution in [0.25, 0.3) is 0 Å². The number of carbonyl (C=O) groups excluding carboxylic acids is 1. The molecule has 0 aliphatic carbocycles. The maximum Gasteiger partial charge on any atom is 0.326 e. The SMILES string of the molecule is CC(C)[C@H](NC(=O)CCC[C@@H](C)N(c1cc(I)ccc1F)S(=O)(=O)c1ccc(Cl)cc1)C(=O)O. The van der Waals surface area contributed by atoms with E-state index >= 15 is 0 Å². The van der Waals surface area contributed by atoms with Crippen molar-refractivity contribution in [1.82, 2.24) is 5.32 Å². The maximum atomic E-state index is 14.8. The quantitative estimate of drug-likeness (QED) is 0.340. The highest BCUT2D eigenvalue weighted by molar-refractivity contribution is 14.1. The van der Waals surface area contributed by atoms with Crippen LogP contribution in [0.5, 0.6) is 0 Å². The van der Waals surface area contributed by atoms with E-state index in [1.165, 1.54) is 42.5 Å². The van der Waals surface area contributed by atoms with Gasteiger partial charge in [-0.05, 0) is 90.7 Å². The maximum absolute atomic E-state index is 14.8. The van der Waals surface area contributed by atoms with E-state index in [0.717, 1.165) is 4.31 Å². The molecule has 0 saturated heterocycles. The second-order valence-electron chi connectivity index (χ2n) is 8.22. The van der Waals surface area contributed by atoms with Crippen molar-refractivity contribution in [3.63, 3.8) is 0 Å². The summed E-state index contributed by atoms with van der Waals surface area (Å²) >= 11 is 7.87. The second kappa shape index (κ2) is 12.2. The lowest BCUT2D eigenvalue weighted by Crippen LogP contribution is -2.44. The lowest BCUT2D eigenvalue weighted by Gasteiger charge is -2.31. The number of nitrogens with zero attached hydrogens (tertiary/aromatic N) is 1. The van der Waals surface area contributed by atoms with Gasteiger partial charge < -0.3 is 10.4 Å². The fourth-order valence-corrected chi connectivity index (χ4v) is 5.70. The summed E-state index contributed by atoms with van der Waals surface area (Å²) in [4.78, 5) is 23.5. The first-order valence-corrected chi connectivity index (χ1v) is 13.5. The second-order valence-corrected chi connectivity index (χ2v) is 11.7. The Bertz CT molecular complexity index is 1130. The van der Waals surface area contributed by atoms with E-state index in [0.29, 0.717) is 8.59 Å². The first-order chi connectivity index (χ1) is 15.8. The molecule has 34 heavy (non-hydrogen) atoms. The molecule has 0 aliphatic heterocycles. The third kappa shape index (κ3) is 7.29. The van der Waals surface area contributed by atoms with Crippen LogP contribution in [0.15, 0.2) is 47.4 Å². The average molecular weight is 625 g/mol. The normalized spacial score (nSPS) is 13.4. The summed E-state index contributed by atoms with van der Waals surface area (Å²) in [6.07, 6.45) is 0.519. The van der Waals surface area contributed by atoms with Crippen LogP contribution >= 0.6 is 34.2 Å². The molecule has 2 aromatic carbocycles. The summed E-state index contributed by atoms with van der Waals surface area (Å²) in [5.74, 6) is -2.54. The first-order valence-electron chi connectivity index (χ1n) is 10.6. The molecule has 0 fully saturated rings. The molecule has 0 heterocycles. The van der Waals surface area contributed by atoms with E-state index in [-0.39, 0.29) is 35.8 Å². The van der Waals surface area contributed by atoms with Gasteiger partial charge in [0.1, 0.15) is 11.9 Å². The molecule has 0 aromatic heterocycles. The van der Waals surface area contributed by atoms with Gasteiger partial charge in [0.25, 0.3) is 10.0 Å². The van der Waals surface area contributed by atoms with Gasteiger partial charge in [0.15, 0.2) is 0 Å². The van der Waals surface area contributed by atoms with Crippen LogP contribution in [-0.4, -0.2) is 37.5 Å². The first kappa shape index (κ1) is 28.3. The topological polar surface area (TPSA) is 104 Å². The molecular formula is C23H27ClFIN2O5S. The van der Waals surface area contributed by atoms with Crippen molar-refractivity contribution in [2.75, 3.05) is 4.31 Å². The van der Waals surface area contributed by atoms with E-state index < -0.39 is 39.8 Å². The molecule has 0 bridgehead atoms. The van der Waals surface area contributed by atoms with E-state index in [1.807, 2.05) is 22.6 Å². The van der Waals surface area contributed by atoms with Crippen molar-refractivity contribution in [3.05, 3.63) is 56.9 Å². The Hall–Kier alpha value is -1.92. The Balaban J connectivity index is 2.26. The fourth-order valence-electron chi connectivity index (χ4n) is 3.41. The molecule has 186 valence electrons. The van der Waals surface area contributed by atoms with Gasteiger partial charge >= 0.3 is 5.97 Å². The predicted octanol–water partition coefficient (Wildman–Crippen LogP) is 5.06. The Labute approximate surface area is 217 Å². The van der Waals surface area contributed by atoms with Crippen LogP contribution in [0.1, 0.15) is 40.0 Å². The minimum Gasteiger partial charge on any atom is -0.480 e. The Morgan fingerprint density at radius 1 is 1.15 bits per heavy atom. The summed E-state index contributed by atoms with van der Waals surface area (Å²) < 4.78 is 43.5. The molecule has 0 saturated carbocycles. The standard InChI is InChI=1S/C23H27ClFIN2O5S/c1-14(2)22(23(30)31)27-21(29)6-4-5-15(3)28(20-13-17(26)9-12-19(20)25)34(32,33)18-10-7-16(24)8-11-18/h7-15,22H,4-6H2,1-3H3,(H,27,29)(H,30,31)/t15-,22+/m1/s1. The van der Waals surface area contributed by atoms with Crippen molar-refractivity contribution < 1.29 is 27.5 Å². The zero-order valence-corrected chi connectivity index (χ0v) is 22.7. The number of rotatable bonds is 11. The summed E-state index contributed by atoms with van der Waals surface area (Å²) in [7, 11) is -4.15. The number of hydrogen-bond acceptors (Lipinski definition) is 4. The minimum absolute atomic E-state index is 0.00444. The third-order valence-electron chi connectivity index (χ3n) is 5.19. The number of halogens is 3. The fraction of sp³-hybridized carbons (Fsp3) is 0.391. The zero-order chi connectivity index (χ0) is 25.6. The lowest BCUT2D eigenvalue weighted by atomic mass is 10.0. The zero-order valence-electron chi connectivity index (χ0n) is 19.0. The molecule has 0 spiro atoms. The van der Waals surface area contributed by atoms with Crippen LogP contribution in [0.3, 0.4) is 0 Å². The molecule has 11 heteroatoms. The molecule has 2 atom stereocenters. The van der Waals surface area contributed by atoms with Crippen molar-refractivity contribution in [2.45, 2.75) is 57.0 Å². The number of benzene rings is 2. The lowest BCUT2D eigenvalue weighted by molar-refractivity contribution is -0.143. The predicted molar refractivity (Wildman–Crippen MR) is 138 cm³/mol. The van der Waals surface area contributed by atoms with Crippen molar-refractivity contribution >= 4 is 61.8 Å². The number of carboxylic acid groups (broad SMARTS) is 1. The van der Waals surface area contributed by atoms with Gasteiger partial charge in [-0.15, -0.1) is 0 Å². The molecule has 0 unspecified atom stereocenters. The smallest absolute Gasteiger partial charge is 0.326 e. The highest BCUT2D eigenvalue weighted by Crippen LogP contribution is 2.32. The molecule has 2 rings (SSSR count). The number of carboxylic acids is 1. The average Bonchev–Trinajstić information content (AvgIpc) is 2.74. The van der Waals surface area contributed by atoms with Gasteiger partial charge in [0.2, 0.25) is 5.91 Å². The molecule has 0 aliphatic rings. The number of hydrogen-bond donors (Lipinski definition) is 2. The van der Waals surface area contributed by atoms with Gasteiger partial charge in [-0.3, -0.25) is 9.10 Å².